The Kier molecular flexibility index (Phi) is 5.22. The fourth-order valence-corrected chi connectivity index (χ4v) is 2.63. The van der Waals surface area contributed by atoms with Crippen LogP contribution in [0.5, 0.6) is 0 Å². The van der Waals surface area contributed by atoms with Crippen LogP contribution in [0.1, 0.15) is 26.7 Å². The van der Waals surface area contributed by atoms with Crippen molar-refractivity contribution in [3.8, 4) is 0 Å². The van der Waals surface area contributed by atoms with E-state index in [-0.39, 0.29) is 0 Å². The third-order valence-corrected chi connectivity index (χ3v) is 3.73. The molecule has 0 aromatic heterocycles. The van der Waals surface area contributed by atoms with Gasteiger partial charge in [-0.1, -0.05) is 0 Å². The highest BCUT2D eigenvalue weighted by Crippen LogP contribution is 2.11. The van der Waals surface area contributed by atoms with Gasteiger partial charge in [-0.25, -0.2) is 0 Å². The Morgan fingerprint density at radius 1 is 1.35 bits per heavy atom. The minimum absolute atomic E-state index is 0.379. The van der Waals surface area contributed by atoms with Gasteiger partial charge in [-0.2, -0.15) is 0 Å². The minimum Gasteiger partial charge on any atom is -0.377 e. The predicted molar refractivity (Wildman–Crippen MR) is 68.3 cm³/mol. The Balaban J connectivity index is 1.60. The van der Waals surface area contributed by atoms with E-state index in [1.165, 1.54) is 12.8 Å². The minimum atomic E-state index is 0.379. The summed E-state index contributed by atoms with van der Waals surface area (Å²) < 4.78 is 11.2. The normalized spacial score (nSPS) is 32.8. The van der Waals surface area contributed by atoms with Gasteiger partial charge in [0.15, 0.2) is 0 Å². The first-order valence-electron chi connectivity index (χ1n) is 6.93. The summed E-state index contributed by atoms with van der Waals surface area (Å²) in [7, 11) is 0. The molecule has 0 saturated carbocycles. The summed E-state index contributed by atoms with van der Waals surface area (Å²) in [6.07, 6.45) is 3.27. The molecule has 2 heterocycles. The lowest BCUT2D eigenvalue weighted by Gasteiger charge is -2.35. The summed E-state index contributed by atoms with van der Waals surface area (Å²) in [5, 5.41) is 3.53. The first kappa shape index (κ1) is 13.3. The monoisotopic (exact) mass is 242 g/mol. The molecule has 3 atom stereocenters. The molecular formula is C13H26N2O2. The second kappa shape index (κ2) is 6.69. The van der Waals surface area contributed by atoms with Gasteiger partial charge >= 0.3 is 0 Å². The van der Waals surface area contributed by atoms with E-state index in [2.05, 4.69) is 24.1 Å². The number of nitrogens with zero attached hydrogens (tertiary/aromatic N) is 1. The second-order valence-electron chi connectivity index (χ2n) is 5.32. The SMILES string of the molecule is CC1CN(C(C)CNCC2CCCO2)CCO1. The average Bonchev–Trinajstić information content (AvgIpc) is 2.82. The van der Waals surface area contributed by atoms with E-state index in [1.54, 1.807) is 0 Å². The van der Waals surface area contributed by atoms with Gasteiger partial charge in [-0.05, 0) is 26.7 Å². The molecule has 1 N–H and O–H groups in total. The number of morpholine rings is 1. The Labute approximate surface area is 105 Å². The van der Waals surface area contributed by atoms with Gasteiger partial charge in [0.05, 0.1) is 18.8 Å². The van der Waals surface area contributed by atoms with Crippen LogP contribution in [0.2, 0.25) is 0 Å². The number of hydrogen-bond acceptors (Lipinski definition) is 4. The van der Waals surface area contributed by atoms with Crippen molar-refractivity contribution in [2.24, 2.45) is 0 Å². The number of rotatable bonds is 5. The molecule has 0 aliphatic carbocycles. The molecule has 4 nitrogen and oxygen atoms in total. The molecule has 0 amide bonds. The summed E-state index contributed by atoms with van der Waals surface area (Å²) in [6.45, 7) is 10.4. The topological polar surface area (TPSA) is 33.7 Å². The van der Waals surface area contributed by atoms with Crippen LogP contribution in [0, 0.1) is 0 Å². The standard InChI is InChI=1S/C13H26N2O2/c1-11(15-5-7-16-12(2)10-15)8-14-9-13-4-3-6-17-13/h11-14H,3-10H2,1-2H3. The van der Waals surface area contributed by atoms with Gasteiger partial charge in [0.1, 0.15) is 0 Å². The van der Waals surface area contributed by atoms with Crippen molar-refractivity contribution in [1.82, 2.24) is 10.2 Å². The highest BCUT2D eigenvalue weighted by molar-refractivity contribution is 4.76. The lowest BCUT2D eigenvalue weighted by Crippen LogP contribution is -2.49. The molecule has 0 spiro atoms. The number of ether oxygens (including phenoxy) is 2. The Hall–Kier alpha value is -0.160. The molecule has 3 unspecified atom stereocenters. The van der Waals surface area contributed by atoms with E-state index in [1.807, 2.05) is 0 Å². The van der Waals surface area contributed by atoms with Crippen molar-refractivity contribution in [2.75, 3.05) is 39.4 Å². The zero-order valence-corrected chi connectivity index (χ0v) is 11.2. The Bertz CT molecular complexity index is 219. The summed E-state index contributed by atoms with van der Waals surface area (Å²) in [5.74, 6) is 0. The van der Waals surface area contributed by atoms with Gasteiger partial charge < -0.3 is 14.8 Å². The molecule has 0 aromatic carbocycles. The highest BCUT2D eigenvalue weighted by Gasteiger charge is 2.21. The van der Waals surface area contributed by atoms with Crippen LogP contribution in [0.4, 0.5) is 0 Å². The van der Waals surface area contributed by atoms with E-state index in [0.717, 1.165) is 39.4 Å². The van der Waals surface area contributed by atoms with Crippen molar-refractivity contribution >= 4 is 0 Å². The van der Waals surface area contributed by atoms with Gasteiger partial charge in [-0.3, -0.25) is 4.90 Å². The summed E-state index contributed by atoms with van der Waals surface area (Å²) in [4.78, 5) is 2.51. The maximum atomic E-state index is 5.60. The van der Waals surface area contributed by atoms with E-state index in [4.69, 9.17) is 9.47 Å². The van der Waals surface area contributed by atoms with E-state index in [0.29, 0.717) is 18.2 Å². The van der Waals surface area contributed by atoms with Crippen LogP contribution < -0.4 is 5.32 Å². The quantitative estimate of drug-likeness (QED) is 0.775. The van der Waals surface area contributed by atoms with Gasteiger partial charge in [0, 0.05) is 38.8 Å². The van der Waals surface area contributed by atoms with Gasteiger partial charge in [0.2, 0.25) is 0 Å². The van der Waals surface area contributed by atoms with Crippen LogP contribution in [0.3, 0.4) is 0 Å². The van der Waals surface area contributed by atoms with Crippen LogP contribution in [0.15, 0.2) is 0 Å². The second-order valence-corrected chi connectivity index (χ2v) is 5.32. The molecule has 17 heavy (non-hydrogen) atoms. The zero-order chi connectivity index (χ0) is 12.1. The highest BCUT2D eigenvalue weighted by atomic mass is 16.5. The largest absolute Gasteiger partial charge is 0.377 e. The lowest BCUT2D eigenvalue weighted by atomic mass is 10.2. The summed E-state index contributed by atoms with van der Waals surface area (Å²) >= 11 is 0. The fraction of sp³-hybridized carbons (Fsp3) is 1.00. The van der Waals surface area contributed by atoms with Crippen LogP contribution in [-0.4, -0.2) is 62.5 Å². The van der Waals surface area contributed by atoms with Crippen molar-refractivity contribution in [1.29, 1.82) is 0 Å². The molecule has 2 saturated heterocycles. The Morgan fingerprint density at radius 3 is 2.94 bits per heavy atom. The molecule has 2 aliphatic rings. The Morgan fingerprint density at radius 2 is 2.24 bits per heavy atom. The summed E-state index contributed by atoms with van der Waals surface area (Å²) in [5.41, 5.74) is 0. The van der Waals surface area contributed by atoms with Gasteiger partial charge in [-0.15, -0.1) is 0 Å². The lowest BCUT2D eigenvalue weighted by molar-refractivity contribution is -0.0314. The molecule has 2 rings (SSSR count). The van der Waals surface area contributed by atoms with Crippen LogP contribution >= 0.6 is 0 Å². The first-order valence-corrected chi connectivity index (χ1v) is 6.93. The molecule has 2 aliphatic heterocycles. The average molecular weight is 242 g/mol. The third-order valence-electron chi connectivity index (χ3n) is 3.73. The first-order chi connectivity index (χ1) is 8.25. The van der Waals surface area contributed by atoms with Crippen LogP contribution in [-0.2, 0) is 9.47 Å². The zero-order valence-electron chi connectivity index (χ0n) is 11.2. The molecule has 0 bridgehead atoms. The smallest absolute Gasteiger partial charge is 0.0700 e. The van der Waals surface area contributed by atoms with Crippen molar-refractivity contribution in [3.63, 3.8) is 0 Å². The fourth-order valence-electron chi connectivity index (χ4n) is 2.63. The van der Waals surface area contributed by atoms with E-state index in [9.17, 15) is 0 Å². The maximum absolute atomic E-state index is 5.60. The maximum Gasteiger partial charge on any atom is 0.0700 e. The van der Waals surface area contributed by atoms with Crippen LogP contribution in [0.25, 0.3) is 0 Å². The summed E-state index contributed by atoms with van der Waals surface area (Å²) in [6, 6.07) is 0.586. The number of hydrogen-bond donors (Lipinski definition) is 1. The van der Waals surface area contributed by atoms with Gasteiger partial charge in [0.25, 0.3) is 0 Å². The molecule has 100 valence electrons. The van der Waals surface area contributed by atoms with E-state index >= 15 is 0 Å². The predicted octanol–water partition coefficient (Wildman–Crippen LogP) is 0.864. The van der Waals surface area contributed by atoms with Crippen molar-refractivity contribution in [3.05, 3.63) is 0 Å². The molecular weight excluding hydrogens is 216 g/mol. The molecule has 0 radical (unpaired) electrons. The third kappa shape index (κ3) is 4.21. The molecule has 0 aromatic rings. The molecule has 2 fully saturated rings. The molecule has 4 heteroatoms. The van der Waals surface area contributed by atoms with Crippen molar-refractivity contribution < 1.29 is 9.47 Å². The number of nitrogens with one attached hydrogen (secondary N) is 1. The van der Waals surface area contributed by atoms with Crippen molar-refractivity contribution in [2.45, 2.75) is 44.9 Å². The van der Waals surface area contributed by atoms with E-state index < -0.39 is 0 Å².